The van der Waals surface area contributed by atoms with Gasteiger partial charge in [-0.1, -0.05) is 12.1 Å². The van der Waals surface area contributed by atoms with Crippen LogP contribution in [0.1, 0.15) is 17.3 Å². The molecule has 0 aromatic heterocycles. The molecule has 4 nitrogen and oxygen atoms in total. The molecule has 1 rings (SSSR count). The highest BCUT2D eigenvalue weighted by Gasteiger charge is 2.14. The quantitative estimate of drug-likeness (QED) is 0.813. The summed E-state index contributed by atoms with van der Waals surface area (Å²) < 4.78 is 0.837. The van der Waals surface area contributed by atoms with Crippen LogP contribution < -0.4 is 11.1 Å². The van der Waals surface area contributed by atoms with E-state index in [0.29, 0.717) is 5.56 Å². The summed E-state index contributed by atoms with van der Waals surface area (Å²) in [7, 11) is 0. The lowest BCUT2D eigenvalue weighted by molar-refractivity contribution is -0.119. The number of nitrogens with two attached hydrogens (primary N) is 1. The van der Waals surface area contributed by atoms with Crippen molar-refractivity contribution in [2.45, 2.75) is 13.0 Å². The third-order valence-electron chi connectivity index (χ3n) is 1.89. The van der Waals surface area contributed by atoms with Gasteiger partial charge in [0, 0.05) is 3.57 Å². The SMILES string of the molecule is C[C@H](NC(=O)c1ccccc1I)C(N)=O. The van der Waals surface area contributed by atoms with Crippen LogP contribution in [0.15, 0.2) is 24.3 Å². The largest absolute Gasteiger partial charge is 0.368 e. The predicted molar refractivity (Wildman–Crippen MR) is 65.3 cm³/mol. The number of carbonyl (C=O) groups excluding carboxylic acids is 2. The molecular formula is C10H11IN2O2. The van der Waals surface area contributed by atoms with Gasteiger partial charge in [0.15, 0.2) is 0 Å². The Bertz CT molecular complexity index is 393. The Morgan fingerprint density at radius 2 is 2.00 bits per heavy atom. The van der Waals surface area contributed by atoms with E-state index in [9.17, 15) is 9.59 Å². The molecule has 0 unspecified atom stereocenters. The van der Waals surface area contributed by atoms with Gasteiger partial charge in [-0.3, -0.25) is 9.59 Å². The van der Waals surface area contributed by atoms with E-state index in [1.54, 1.807) is 19.1 Å². The van der Waals surface area contributed by atoms with Crippen LogP contribution in [0, 0.1) is 3.57 Å². The number of amides is 2. The molecule has 1 atom stereocenters. The fourth-order valence-electron chi connectivity index (χ4n) is 0.991. The standard InChI is InChI=1S/C10H11IN2O2/c1-6(9(12)14)13-10(15)7-4-2-3-5-8(7)11/h2-6H,1H3,(H2,12,14)(H,13,15)/t6-/m0/s1. The zero-order valence-electron chi connectivity index (χ0n) is 8.16. The Morgan fingerprint density at radius 3 is 2.53 bits per heavy atom. The summed E-state index contributed by atoms with van der Waals surface area (Å²) in [6.45, 7) is 1.55. The van der Waals surface area contributed by atoms with Gasteiger partial charge in [0.05, 0.1) is 5.56 Å². The van der Waals surface area contributed by atoms with E-state index in [1.807, 2.05) is 12.1 Å². The van der Waals surface area contributed by atoms with Crippen molar-refractivity contribution in [3.63, 3.8) is 0 Å². The minimum absolute atomic E-state index is 0.286. The maximum absolute atomic E-state index is 11.7. The number of hydrogen-bond acceptors (Lipinski definition) is 2. The first-order valence-corrected chi connectivity index (χ1v) is 5.45. The van der Waals surface area contributed by atoms with Crippen molar-refractivity contribution < 1.29 is 9.59 Å². The van der Waals surface area contributed by atoms with Crippen molar-refractivity contribution in [2.75, 3.05) is 0 Å². The Kier molecular flexibility index (Phi) is 4.07. The maximum atomic E-state index is 11.7. The van der Waals surface area contributed by atoms with Gasteiger partial charge in [0.1, 0.15) is 6.04 Å². The Labute approximate surface area is 101 Å². The van der Waals surface area contributed by atoms with E-state index in [1.165, 1.54) is 0 Å². The van der Waals surface area contributed by atoms with Crippen molar-refractivity contribution in [2.24, 2.45) is 5.73 Å². The van der Waals surface area contributed by atoms with E-state index < -0.39 is 11.9 Å². The first-order valence-electron chi connectivity index (χ1n) is 4.37. The first kappa shape index (κ1) is 12.0. The van der Waals surface area contributed by atoms with Crippen LogP contribution in [-0.4, -0.2) is 17.9 Å². The van der Waals surface area contributed by atoms with Gasteiger partial charge in [-0.2, -0.15) is 0 Å². The van der Waals surface area contributed by atoms with Gasteiger partial charge in [0.25, 0.3) is 5.91 Å². The van der Waals surface area contributed by atoms with Crippen LogP contribution >= 0.6 is 22.6 Å². The zero-order chi connectivity index (χ0) is 11.4. The van der Waals surface area contributed by atoms with E-state index in [4.69, 9.17) is 5.73 Å². The predicted octanol–water partition coefficient (Wildman–Crippen LogP) is 0.895. The minimum atomic E-state index is -0.659. The number of hydrogen-bond donors (Lipinski definition) is 2. The molecular weight excluding hydrogens is 307 g/mol. The maximum Gasteiger partial charge on any atom is 0.252 e. The monoisotopic (exact) mass is 318 g/mol. The first-order chi connectivity index (χ1) is 7.02. The van der Waals surface area contributed by atoms with Crippen molar-refractivity contribution in [1.29, 1.82) is 0 Å². The van der Waals surface area contributed by atoms with Gasteiger partial charge < -0.3 is 11.1 Å². The second-order valence-corrected chi connectivity index (χ2v) is 4.24. The van der Waals surface area contributed by atoms with Crippen LogP contribution in [0.25, 0.3) is 0 Å². The molecule has 80 valence electrons. The minimum Gasteiger partial charge on any atom is -0.368 e. The smallest absolute Gasteiger partial charge is 0.252 e. The molecule has 0 radical (unpaired) electrons. The molecule has 2 amide bonds. The third kappa shape index (κ3) is 3.19. The van der Waals surface area contributed by atoms with Gasteiger partial charge >= 0.3 is 0 Å². The molecule has 0 spiro atoms. The highest BCUT2D eigenvalue weighted by atomic mass is 127. The molecule has 0 saturated carbocycles. The molecule has 0 bridgehead atoms. The summed E-state index contributed by atoms with van der Waals surface area (Å²) in [6, 6.07) is 6.48. The topological polar surface area (TPSA) is 72.2 Å². The van der Waals surface area contributed by atoms with Crippen LogP contribution in [0.2, 0.25) is 0 Å². The van der Waals surface area contributed by atoms with Crippen molar-refractivity contribution in [1.82, 2.24) is 5.32 Å². The number of rotatable bonds is 3. The fraction of sp³-hybridized carbons (Fsp3) is 0.200. The summed E-state index contributed by atoms with van der Waals surface area (Å²) in [5.41, 5.74) is 5.59. The number of carbonyl (C=O) groups is 2. The summed E-state index contributed by atoms with van der Waals surface area (Å²) in [4.78, 5) is 22.4. The summed E-state index contributed by atoms with van der Waals surface area (Å²) in [6.07, 6.45) is 0. The molecule has 3 N–H and O–H groups in total. The molecule has 0 aliphatic rings. The Morgan fingerprint density at radius 1 is 1.40 bits per heavy atom. The van der Waals surface area contributed by atoms with Gasteiger partial charge in [0.2, 0.25) is 5.91 Å². The molecule has 0 fully saturated rings. The van der Waals surface area contributed by atoms with E-state index in [0.717, 1.165) is 3.57 Å². The molecule has 0 aliphatic heterocycles. The highest BCUT2D eigenvalue weighted by molar-refractivity contribution is 14.1. The van der Waals surface area contributed by atoms with E-state index in [-0.39, 0.29) is 5.91 Å². The average molecular weight is 318 g/mol. The third-order valence-corrected chi connectivity index (χ3v) is 2.83. The van der Waals surface area contributed by atoms with Gasteiger partial charge in [-0.15, -0.1) is 0 Å². The summed E-state index contributed by atoms with van der Waals surface area (Å²) in [5, 5.41) is 2.52. The Balaban J connectivity index is 2.78. The zero-order valence-corrected chi connectivity index (χ0v) is 10.3. The van der Waals surface area contributed by atoms with Crippen molar-refractivity contribution in [3.05, 3.63) is 33.4 Å². The fourth-order valence-corrected chi connectivity index (χ4v) is 1.62. The lowest BCUT2D eigenvalue weighted by Gasteiger charge is -2.10. The van der Waals surface area contributed by atoms with Crippen molar-refractivity contribution >= 4 is 34.4 Å². The number of nitrogens with one attached hydrogen (secondary N) is 1. The molecule has 5 heteroatoms. The van der Waals surface area contributed by atoms with Crippen molar-refractivity contribution in [3.8, 4) is 0 Å². The van der Waals surface area contributed by atoms with Gasteiger partial charge in [-0.25, -0.2) is 0 Å². The molecule has 0 saturated heterocycles. The summed E-state index contributed by atoms with van der Waals surface area (Å²) in [5.74, 6) is -0.833. The molecule has 15 heavy (non-hydrogen) atoms. The summed E-state index contributed by atoms with van der Waals surface area (Å²) >= 11 is 2.06. The van der Waals surface area contributed by atoms with Crippen LogP contribution in [0.4, 0.5) is 0 Å². The van der Waals surface area contributed by atoms with Crippen LogP contribution in [0.3, 0.4) is 0 Å². The average Bonchev–Trinajstić information content (AvgIpc) is 2.18. The van der Waals surface area contributed by atoms with Gasteiger partial charge in [-0.05, 0) is 41.6 Å². The van der Waals surface area contributed by atoms with Crippen LogP contribution in [0.5, 0.6) is 0 Å². The lowest BCUT2D eigenvalue weighted by atomic mass is 10.2. The number of halogens is 1. The second kappa shape index (κ2) is 5.11. The second-order valence-electron chi connectivity index (χ2n) is 3.08. The molecule has 0 heterocycles. The van der Waals surface area contributed by atoms with E-state index in [2.05, 4.69) is 27.9 Å². The van der Waals surface area contributed by atoms with Crippen LogP contribution in [-0.2, 0) is 4.79 Å². The number of benzene rings is 1. The van der Waals surface area contributed by atoms with E-state index >= 15 is 0 Å². The highest BCUT2D eigenvalue weighted by Crippen LogP contribution is 2.11. The molecule has 1 aromatic rings. The number of primary amides is 1. The Hall–Kier alpha value is -1.11. The lowest BCUT2D eigenvalue weighted by Crippen LogP contribution is -2.42. The molecule has 0 aliphatic carbocycles. The normalized spacial score (nSPS) is 11.9. The molecule has 1 aromatic carbocycles.